The lowest BCUT2D eigenvalue weighted by Gasteiger charge is -2.27. The summed E-state index contributed by atoms with van der Waals surface area (Å²) in [6.45, 7) is 3.62. The summed E-state index contributed by atoms with van der Waals surface area (Å²) >= 11 is 0. The van der Waals surface area contributed by atoms with Gasteiger partial charge in [-0.05, 0) is 23.6 Å². The number of pyridine rings is 1. The summed E-state index contributed by atoms with van der Waals surface area (Å²) in [4.78, 5) is 18.8. The number of amides is 1. The van der Waals surface area contributed by atoms with Crippen LogP contribution in [-0.4, -0.2) is 43.2 Å². The molecule has 1 aromatic heterocycles. The number of nitrogens with one attached hydrogen (secondary N) is 1. The molecule has 1 aliphatic heterocycles. The first-order valence-electron chi connectivity index (χ1n) is 8.57. The predicted molar refractivity (Wildman–Crippen MR) is 97.2 cm³/mol. The van der Waals surface area contributed by atoms with E-state index in [0.29, 0.717) is 13.0 Å². The fourth-order valence-corrected chi connectivity index (χ4v) is 2.78. The molecule has 1 atom stereocenters. The molecular weight excluding hydrogens is 316 g/mol. The van der Waals surface area contributed by atoms with Crippen molar-refractivity contribution in [2.75, 3.05) is 31.2 Å². The van der Waals surface area contributed by atoms with E-state index in [1.54, 1.807) is 6.20 Å². The molecule has 2 heterocycles. The van der Waals surface area contributed by atoms with Crippen molar-refractivity contribution in [3.63, 3.8) is 0 Å². The summed E-state index contributed by atoms with van der Waals surface area (Å²) < 4.78 is 5.35. The lowest BCUT2D eigenvalue weighted by molar-refractivity contribution is -0.122. The van der Waals surface area contributed by atoms with Crippen molar-refractivity contribution in [3.05, 3.63) is 59.8 Å². The lowest BCUT2D eigenvalue weighted by Crippen LogP contribution is -2.41. The molecule has 1 fully saturated rings. The average molecular weight is 340 g/mol. The molecule has 1 saturated heterocycles. The first-order valence-corrected chi connectivity index (χ1v) is 8.57. The third kappa shape index (κ3) is 5.01. The van der Waals surface area contributed by atoms with Gasteiger partial charge in [0.2, 0.25) is 5.91 Å². The van der Waals surface area contributed by atoms with Gasteiger partial charge in [0.1, 0.15) is 5.82 Å². The number of morpholine rings is 1. The standard InChI is InChI=1S/C19H24N4O2/c20-17(12-15-4-2-1-3-5-15)19(24)22-14-16-6-7-18(21-13-16)23-8-10-25-11-9-23/h1-7,13,17H,8-12,14,20H2,(H,22,24). The first kappa shape index (κ1) is 17.4. The first-order chi connectivity index (χ1) is 12.2. The topological polar surface area (TPSA) is 80.5 Å². The van der Waals surface area contributed by atoms with Gasteiger partial charge in [0.25, 0.3) is 0 Å². The van der Waals surface area contributed by atoms with Gasteiger partial charge in [0.05, 0.1) is 19.3 Å². The highest BCUT2D eigenvalue weighted by Crippen LogP contribution is 2.13. The molecule has 0 aliphatic carbocycles. The van der Waals surface area contributed by atoms with Gasteiger partial charge >= 0.3 is 0 Å². The van der Waals surface area contributed by atoms with Crippen molar-refractivity contribution in [1.29, 1.82) is 0 Å². The van der Waals surface area contributed by atoms with Crippen LogP contribution in [0.1, 0.15) is 11.1 Å². The Morgan fingerprint density at radius 2 is 1.92 bits per heavy atom. The zero-order chi connectivity index (χ0) is 17.5. The number of carbonyl (C=O) groups excluding carboxylic acids is 1. The average Bonchev–Trinajstić information content (AvgIpc) is 2.68. The summed E-state index contributed by atoms with van der Waals surface area (Å²) in [5, 5.41) is 2.88. The van der Waals surface area contributed by atoms with Crippen LogP contribution in [0.4, 0.5) is 5.82 Å². The van der Waals surface area contributed by atoms with Crippen LogP contribution < -0.4 is 16.0 Å². The Kier molecular flexibility index (Phi) is 5.98. The minimum absolute atomic E-state index is 0.152. The molecule has 0 radical (unpaired) electrons. The zero-order valence-corrected chi connectivity index (χ0v) is 14.2. The second-order valence-corrected chi connectivity index (χ2v) is 6.14. The van der Waals surface area contributed by atoms with Crippen LogP contribution >= 0.6 is 0 Å². The maximum Gasteiger partial charge on any atom is 0.237 e. The summed E-state index contributed by atoms with van der Waals surface area (Å²) in [6.07, 6.45) is 2.33. The molecule has 1 aliphatic rings. The van der Waals surface area contributed by atoms with Crippen LogP contribution in [0.5, 0.6) is 0 Å². The monoisotopic (exact) mass is 340 g/mol. The number of hydrogen-bond acceptors (Lipinski definition) is 5. The number of ether oxygens (including phenoxy) is 1. The predicted octanol–water partition coefficient (Wildman–Crippen LogP) is 1.10. The van der Waals surface area contributed by atoms with E-state index in [2.05, 4.69) is 15.2 Å². The Hall–Kier alpha value is -2.44. The molecule has 6 nitrogen and oxygen atoms in total. The highest BCUT2D eigenvalue weighted by Gasteiger charge is 2.14. The molecule has 0 saturated carbocycles. The summed E-state index contributed by atoms with van der Waals surface area (Å²) in [5.74, 6) is 0.792. The highest BCUT2D eigenvalue weighted by molar-refractivity contribution is 5.81. The van der Waals surface area contributed by atoms with Crippen molar-refractivity contribution < 1.29 is 9.53 Å². The van der Waals surface area contributed by atoms with Crippen molar-refractivity contribution in [2.24, 2.45) is 5.73 Å². The van der Waals surface area contributed by atoms with Crippen molar-refractivity contribution >= 4 is 11.7 Å². The van der Waals surface area contributed by atoms with E-state index in [9.17, 15) is 4.79 Å². The zero-order valence-electron chi connectivity index (χ0n) is 14.2. The van der Waals surface area contributed by atoms with Gasteiger partial charge in [0.15, 0.2) is 0 Å². The Morgan fingerprint density at radius 3 is 2.60 bits per heavy atom. The minimum atomic E-state index is -0.553. The molecule has 132 valence electrons. The van der Waals surface area contributed by atoms with E-state index in [0.717, 1.165) is 43.2 Å². The number of rotatable bonds is 6. The maximum atomic E-state index is 12.2. The van der Waals surface area contributed by atoms with E-state index < -0.39 is 6.04 Å². The molecule has 0 spiro atoms. The maximum absolute atomic E-state index is 12.2. The second kappa shape index (κ2) is 8.60. The Balaban J connectivity index is 1.48. The van der Waals surface area contributed by atoms with E-state index in [-0.39, 0.29) is 5.91 Å². The Bertz CT molecular complexity index is 670. The molecule has 0 bridgehead atoms. The van der Waals surface area contributed by atoms with Gasteiger partial charge in [-0.1, -0.05) is 36.4 Å². The number of carbonyl (C=O) groups is 1. The van der Waals surface area contributed by atoms with Gasteiger partial charge in [-0.25, -0.2) is 4.98 Å². The number of nitrogens with two attached hydrogens (primary N) is 1. The van der Waals surface area contributed by atoms with Gasteiger partial charge < -0.3 is 20.7 Å². The quantitative estimate of drug-likeness (QED) is 0.823. The van der Waals surface area contributed by atoms with Crippen molar-refractivity contribution in [2.45, 2.75) is 19.0 Å². The molecule has 2 aromatic rings. The van der Waals surface area contributed by atoms with Crippen LogP contribution in [0.3, 0.4) is 0 Å². The van der Waals surface area contributed by atoms with E-state index in [4.69, 9.17) is 10.5 Å². The molecule has 1 unspecified atom stereocenters. The molecule has 1 amide bonds. The Morgan fingerprint density at radius 1 is 1.16 bits per heavy atom. The van der Waals surface area contributed by atoms with Crippen molar-refractivity contribution in [1.82, 2.24) is 10.3 Å². The minimum Gasteiger partial charge on any atom is -0.378 e. The molecule has 1 aromatic carbocycles. The van der Waals surface area contributed by atoms with Gasteiger partial charge in [0, 0.05) is 25.8 Å². The summed E-state index contributed by atoms with van der Waals surface area (Å²) in [6, 6.07) is 13.2. The van der Waals surface area contributed by atoms with E-state index in [1.165, 1.54) is 0 Å². The van der Waals surface area contributed by atoms with E-state index in [1.807, 2.05) is 42.5 Å². The van der Waals surface area contributed by atoms with Crippen LogP contribution in [0.25, 0.3) is 0 Å². The molecule has 6 heteroatoms. The van der Waals surface area contributed by atoms with Crippen LogP contribution in [0.2, 0.25) is 0 Å². The number of aromatic nitrogens is 1. The van der Waals surface area contributed by atoms with Crippen LogP contribution in [0, 0.1) is 0 Å². The normalized spacial score (nSPS) is 15.6. The number of benzene rings is 1. The fraction of sp³-hybridized carbons (Fsp3) is 0.368. The van der Waals surface area contributed by atoms with Crippen LogP contribution in [-0.2, 0) is 22.5 Å². The molecule has 3 N–H and O–H groups in total. The smallest absolute Gasteiger partial charge is 0.237 e. The van der Waals surface area contributed by atoms with Gasteiger partial charge in [-0.3, -0.25) is 4.79 Å². The Labute approximate surface area is 148 Å². The number of hydrogen-bond donors (Lipinski definition) is 2. The lowest BCUT2D eigenvalue weighted by atomic mass is 10.1. The number of anilines is 1. The highest BCUT2D eigenvalue weighted by atomic mass is 16.5. The van der Waals surface area contributed by atoms with Crippen molar-refractivity contribution in [3.8, 4) is 0 Å². The molecular formula is C19H24N4O2. The third-order valence-corrected chi connectivity index (χ3v) is 4.25. The SMILES string of the molecule is NC(Cc1ccccc1)C(=O)NCc1ccc(N2CCOCC2)nc1. The fourth-order valence-electron chi connectivity index (χ4n) is 2.78. The largest absolute Gasteiger partial charge is 0.378 e. The summed E-state index contributed by atoms with van der Waals surface area (Å²) in [5.41, 5.74) is 8.00. The molecule has 3 rings (SSSR count). The number of nitrogens with zero attached hydrogens (tertiary/aromatic N) is 2. The van der Waals surface area contributed by atoms with E-state index >= 15 is 0 Å². The third-order valence-electron chi connectivity index (χ3n) is 4.25. The van der Waals surface area contributed by atoms with Gasteiger partial charge in [-0.2, -0.15) is 0 Å². The second-order valence-electron chi connectivity index (χ2n) is 6.14. The molecule has 25 heavy (non-hydrogen) atoms. The summed E-state index contributed by atoms with van der Waals surface area (Å²) in [7, 11) is 0. The van der Waals surface area contributed by atoms with Crippen LogP contribution in [0.15, 0.2) is 48.7 Å². The van der Waals surface area contributed by atoms with Gasteiger partial charge in [-0.15, -0.1) is 0 Å².